The Kier molecular flexibility index (Phi) is 6.21. The summed E-state index contributed by atoms with van der Waals surface area (Å²) in [5, 5.41) is 8.54. The van der Waals surface area contributed by atoms with E-state index in [9.17, 15) is 4.39 Å². The minimum absolute atomic E-state index is 0.00826. The van der Waals surface area contributed by atoms with Gasteiger partial charge in [0.1, 0.15) is 17.4 Å². The lowest BCUT2D eigenvalue weighted by molar-refractivity contribution is 0.352. The molecule has 0 atom stereocenters. The maximum Gasteiger partial charge on any atom is 0.225 e. The van der Waals surface area contributed by atoms with E-state index in [1.54, 1.807) is 17.9 Å². The van der Waals surface area contributed by atoms with E-state index in [1.165, 1.54) is 25.0 Å². The van der Waals surface area contributed by atoms with Gasteiger partial charge in [0.05, 0.1) is 28.9 Å². The molecule has 176 valence electrons. The Morgan fingerprint density at radius 3 is 2.59 bits per heavy atom. The summed E-state index contributed by atoms with van der Waals surface area (Å²) in [6.45, 7) is 3.83. The number of nitrogens with two attached hydrogens (primary N) is 1. The fourth-order valence-corrected chi connectivity index (χ4v) is 4.38. The third-order valence-electron chi connectivity index (χ3n) is 5.99. The number of rotatable bonds is 7. The van der Waals surface area contributed by atoms with Gasteiger partial charge in [0.2, 0.25) is 5.95 Å². The van der Waals surface area contributed by atoms with Crippen LogP contribution < -0.4 is 15.8 Å². The number of ether oxygens (including phenoxy) is 1. The van der Waals surface area contributed by atoms with E-state index in [1.807, 2.05) is 24.3 Å². The molecule has 0 amide bonds. The van der Waals surface area contributed by atoms with E-state index < -0.39 is 5.82 Å². The van der Waals surface area contributed by atoms with Gasteiger partial charge in [-0.15, -0.1) is 5.10 Å². The predicted molar refractivity (Wildman–Crippen MR) is 132 cm³/mol. The van der Waals surface area contributed by atoms with Crippen LogP contribution in [0.5, 0.6) is 5.75 Å². The van der Waals surface area contributed by atoms with Crippen molar-refractivity contribution >= 4 is 34.4 Å². The number of nitrogens with zero attached hydrogens (tertiary/aromatic N) is 5. The summed E-state index contributed by atoms with van der Waals surface area (Å²) >= 11 is 6.08. The van der Waals surface area contributed by atoms with E-state index in [4.69, 9.17) is 27.1 Å². The van der Waals surface area contributed by atoms with Crippen molar-refractivity contribution in [3.8, 4) is 22.7 Å². The molecule has 8 nitrogen and oxygen atoms in total. The minimum atomic E-state index is -0.499. The van der Waals surface area contributed by atoms with Crippen molar-refractivity contribution in [3.63, 3.8) is 0 Å². The molecule has 1 fully saturated rings. The third kappa shape index (κ3) is 4.36. The zero-order valence-electron chi connectivity index (χ0n) is 18.8. The van der Waals surface area contributed by atoms with Crippen molar-refractivity contribution in [2.45, 2.75) is 12.8 Å². The Morgan fingerprint density at radius 2 is 1.88 bits per heavy atom. The van der Waals surface area contributed by atoms with Gasteiger partial charge >= 0.3 is 0 Å². The highest BCUT2D eigenvalue weighted by Crippen LogP contribution is 2.34. The van der Waals surface area contributed by atoms with E-state index >= 15 is 0 Å². The summed E-state index contributed by atoms with van der Waals surface area (Å²) in [5.41, 5.74) is 8.88. The summed E-state index contributed by atoms with van der Waals surface area (Å²) < 4.78 is 20.7. The molecule has 0 spiro atoms. The van der Waals surface area contributed by atoms with Crippen LogP contribution in [0.2, 0.25) is 5.02 Å². The first-order valence-electron chi connectivity index (χ1n) is 11.2. The SMILES string of the molecule is COc1ccc(-n2nc3nc(NCCN4CCCC4)nc(-c4ccc(F)c(Cl)c4)c3c2N)cc1. The van der Waals surface area contributed by atoms with Gasteiger partial charge in [0.25, 0.3) is 0 Å². The number of methoxy groups -OCH3 is 1. The second-order valence-electron chi connectivity index (χ2n) is 8.19. The summed E-state index contributed by atoms with van der Waals surface area (Å²) in [6.07, 6.45) is 2.47. The summed E-state index contributed by atoms with van der Waals surface area (Å²) in [6, 6.07) is 11.9. The number of fused-ring (bicyclic) bond motifs is 1. The van der Waals surface area contributed by atoms with Crippen LogP contribution in [0.25, 0.3) is 28.0 Å². The fraction of sp³-hybridized carbons (Fsp3) is 0.292. The van der Waals surface area contributed by atoms with Gasteiger partial charge in [0.15, 0.2) is 5.65 Å². The van der Waals surface area contributed by atoms with Gasteiger partial charge in [-0.3, -0.25) is 0 Å². The van der Waals surface area contributed by atoms with Crippen molar-refractivity contribution < 1.29 is 9.13 Å². The molecule has 2 aromatic heterocycles. The van der Waals surface area contributed by atoms with Crippen LogP contribution in [0.3, 0.4) is 0 Å². The highest BCUT2D eigenvalue weighted by atomic mass is 35.5. The predicted octanol–water partition coefficient (Wildman–Crippen LogP) is 4.37. The number of nitrogens with one attached hydrogen (secondary N) is 1. The number of benzene rings is 2. The summed E-state index contributed by atoms with van der Waals surface area (Å²) in [5.74, 6) is 1.03. The minimum Gasteiger partial charge on any atom is -0.497 e. The third-order valence-corrected chi connectivity index (χ3v) is 6.28. The quantitative estimate of drug-likeness (QED) is 0.404. The topological polar surface area (TPSA) is 94.1 Å². The van der Waals surface area contributed by atoms with Gasteiger partial charge in [-0.25, -0.2) is 14.1 Å². The molecule has 3 heterocycles. The Labute approximate surface area is 201 Å². The first-order valence-corrected chi connectivity index (χ1v) is 11.5. The fourth-order valence-electron chi connectivity index (χ4n) is 4.20. The average Bonchev–Trinajstić information content (AvgIpc) is 3.48. The van der Waals surface area contributed by atoms with Crippen molar-refractivity contribution in [2.24, 2.45) is 0 Å². The smallest absolute Gasteiger partial charge is 0.225 e. The van der Waals surface area contributed by atoms with Gasteiger partial charge in [-0.05, 0) is 68.4 Å². The number of hydrogen-bond acceptors (Lipinski definition) is 7. The molecule has 34 heavy (non-hydrogen) atoms. The Bertz CT molecular complexity index is 1320. The molecule has 5 rings (SSSR count). The van der Waals surface area contributed by atoms with Crippen molar-refractivity contribution in [1.82, 2.24) is 24.6 Å². The molecule has 0 aliphatic carbocycles. The normalized spacial score (nSPS) is 14.1. The van der Waals surface area contributed by atoms with Crippen molar-refractivity contribution in [2.75, 3.05) is 44.3 Å². The molecule has 3 N–H and O–H groups in total. The molecule has 0 radical (unpaired) electrons. The Morgan fingerprint density at radius 1 is 1.12 bits per heavy atom. The molecular formula is C24H25ClFN7O. The number of likely N-dealkylation sites (tertiary alicyclic amines) is 1. The van der Waals surface area contributed by atoms with Crippen LogP contribution >= 0.6 is 11.6 Å². The van der Waals surface area contributed by atoms with Gasteiger partial charge < -0.3 is 20.7 Å². The van der Waals surface area contributed by atoms with E-state index in [0.717, 1.165) is 31.1 Å². The largest absolute Gasteiger partial charge is 0.497 e. The second kappa shape index (κ2) is 9.44. The zero-order chi connectivity index (χ0) is 23.7. The number of anilines is 2. The Hall–Kier alpha value is -3.43. The van der Waals surface area contributed by atoms with E-state index in [-0.39, 0.29) is 5.02 Å². The molecule has 0 saturated carbocycles. The number of nitrogen functional groups attached to an aromatic ring is 1. The highest BCUT2D eigenvalue weighted by molar-refractivity contribution is 6.31. The molecule has 2 aromatic carbocycles. The van der Waals surface area contributed by atoms with Gasteiger partial charge in [-0.1, -0.05) is 11.6 Å². The first-order chi connectivity index (χ1) is 16.5. The molecule has 0 bridgehead atoms. The molecule has 1 aliphatic rings. The van der Waals surface area contributed by atoms with Crippen LogP contribution in [0.1, 0.15) is 12.8 Å². The monoisotopic (exact) mass is 481 g/mol. The molecular weight excluding hydrogens is 457 g/mol. The van der Waals surface area contributed by atoms with Crippen LogP contribution in [0.15, 0.2) is 42.5 Å². The molecule has 10 heteroatoms. The van der Waals surface area contributed by atoms with Crippen LogP contribution in [0.4, 0.5) is 16.2 Å². The van der Waals surface area contributed by atoms with E-state index in [0.29, 0.717) is 40.6 Å². The van der Waals surface area contributed by atoms with Crippen molar-refractivity contribution in [1.29, 1.82) is 0 Å². The summed E-state index contributed by atoms with van der Waals surface area (Å²) in [7, 11) is 1.61. The van der Waals surface area contributed by atoms with E-state index in [2.05, 4.69) is 20.3 Å². The van der Waals surface area contributed by atoms with Crippen LogP contribution in [-0.4, -0.2) is 57.9 Å². The Balaban J connectivity index is 1.57. The second-order valence-corrected chi connectivity index (χ2v) is 8.60. The molecule has 1 aliphatic heterocycles. The van der Waals surface area contributed by atoms with Gasteiger partial charge in [-0.2, -0.15) is 4.98 Å². The molecule has 1 saturated heterocycles. The van der Waals surface area contributed by atoms with Crippen molar-refractivity contribution in [3.05, 3.63) is 53.3 Å². The average molecular weight is 482 g/mol. The number of aromatic nitrogens is 4. The lowest BCUT2D eigenvalue weighted by Crippen LogP contribution is -2.26. The summed E-state index contributed by atoms with van der Waals surface area (Å²) in [4.78, 5) is 11.8. The van der Waals surface area contributed by atoms with Crippen LogP contribution in [-0.2, 0) is 0 Å². The number of halogens is 2. The van der Waals surface area contributed by atoms with Crippen LogP contribution in [0, 0.1) is 5.82 Å². The number of hydrogen-bond donors (Lipinski definition) is 2. The molecule has 4 aromatic rings. The maximum absolute atomic E-state index is 13.9. The lowest BCUT2D eigenvalue weighted by atomic mass is 10.1. The highest BCUT2D eigenvalue weighted by Gasteiger charge is 2.20. The zero-order valence-corrected chi connectivity index (χ0v) is 19.5. The molecule has 0 unspecified atom stereocenters. The maximum atomic E-state index is 13.9. The first kappa shape index (κ1) is 22.4. The standard InChI is InChI=1S/C24H25ClFN7O/c1-34-17-7-5-16(6-8-17)33-22(27)20-21(15-4-9-19(26)18(25)14-15)29-24(30-23(20)31-33)28-10-13-32-11-2-3-12-32/h4-9,14H,2-3,10-13,27H2,1H3,(H,28,30,31). The lowest BCUT2D eigenvalue weighted by Gasteiger charge is -2.15. The van der Waals surface area contributed by atoms with Gasteiger partial charge in [0, 0.05) is 18.7 Å².